The maximum atomic E-state index is 11.9. The number of aliphatic hydroxyl groups excluding tert-OH is 2. The predicted octanol–water partition coefficient (Wildman–Crippen LogP) is 0.729. The van der Waals surface area contributed by atoms with Gasteiger partial charge in [0.15, 0.2) is 0 Å². The van der Waals surface area contributed by atoms with Gasteiger partial charge in [-0.15, -0.1) is 0 Å². The van der Waals surface area contributed by atoms with E-state index in [0.29, 0.717) is 12.8 Å². The highest BCUT2D eigenvalue weighted by Gasteiger charge is 2.15. The Kier molecular flexibility index (Phi) is 13.1. The number of rotatable bonds is 17. The molecule has 0 fully saturated rings. The molecule has 0 saturated carbocycles. The van der Waals surface area contributed by atoms with E-state index in [0.717, 1.165) is 24.3 Å². The Hall–Kier alpha value is -2.96. The Bertz CT molecular complexity index is 1200. The van der Waals surface area contributed by atoms with E-state index in [-0.39, 0.29) is 60.6 Å². The maximum absolute atomic E-state index is 11.9. The lowest BCUT2D eigenvalue weighted by molar-refractivity contribution is -0.0182. The van der Waals surface area contributed by atoms with Gasteiger partial charge in [-0.25, -0.2) is 9.59 Å². The van der Waals surface area contributed by atoms with Crippen molar-refractivity contribution in [2.45, 2.75) is 34.8 Å². The summed E-state index contributed by atoms with van der Waals surface area (Å²) in [5, 5.41) is 19.7. The quantitative estimate of drug-likeness (QED) is 0.111. The number of aliphatic hydroxyl groups is 2. The molecule has 0 bridgehead atoms. The van der Waals surface area contributed by atoms with E-state index in [2.05, 4.69) is 0 Å². The molecule has 0 saturated heterocycles. The van der Waals surface area contributed by atoms with Crippen LogP contribution in [0.25, 0.3) is 0 Å². The summed E-state index contributed by atoms with van der Waals surface area (Å²) in [6, 6.07) is 8.85. The molecule has 14 nitrogen and oxygen atoms in total. The van der Waals surface area contributed by atoms with Crippen molar-refractivity contribution in [1.29, 1.82) is 0 Å². The lowest BCUT2D eigenvalue weighted by Crippen LogP contribution is -2.24. The van der Waals surface area contributed by atoms with Gasteiger partial charge in [0.25, 0.3) is 20.2 Å². The van der Waals surface area contributed by atoms with Crippen molar-refractivity contribution in [2.24, 2.45) is 0 Å². The second-order valence-corrected chi connectivity index (χ2v) is 11.2. The maximum Gasteiger partial charge on any atom is 0.338 e. The van der Waals surface area contributed by atoms with Crippen molar-refractivity contribution >= 4 is 32.2 Å². The highest BCUT2D eigenvalue weighted by atomic mass is 32.2. The van der Waals surface area contributed by atoms with E-state index in [1.54, 1.807) is 0 Å². The Balaban J connectivity index is 1.50. The second kappa shape index (κ2) is 15.7. The number of unbranched alkanes of at least 4 members (excludes halogenated alkanes) is 1. The first-order valence-corrected chi connectivity index (χ1v) is 14.7. The Labute approximate surface area is 230 Å². The molecule has 16 heteroatoms. The zero-order chi connectivity index (χ0) is 29.8. The van der Waals surface area contributed by atoms with Gasteiger partial charge in [-0.3, -0.25) is 9.11 Å². The van der Waals surface area contributed by atoms with Crippen molar-refractivity contribution in [3.8, 4) is 0 Å². The van der Waals surface area contributed by atoms with Gasteiger partial charge >= 0.3 is 11.9 Å². The van der Waals surface area contributed by atoms with Gasteiger partial charge in [-0.2, -0.15) is 16.8 Å². The van der Waals surface area contributed by atoms with Crippen LogP contribution in [0.1, 0.15) is 33.6 Å². The standard InChI is InChI=1S/C24H30O14S2/c25-19(15-37-23(27)17-3-7-21(8-4-17)39(29,30)31)13-35-11-1-2-12-36-14-20(26)16-38-24(28)18-5-9-22(10-6-18)40(32,33)34/h3-10,19-20,25-26H,1-2,11-16H2,(H,29,30,31)(H,32,33,34). The van der Waals surface area contributed by atoms with Crippen molar-refractivity contribution in [1.82, 2.24) is 0 Å². The average molecular weight is 607 g/mol. The predicted molar refractivity (Wildman–Crippen MR) is 136 cm³/mol. The molecule has 2 aromatic carbocycles. The monoisotopic (exact) mass is 606 g/mol. The van der Waals surface area contributed by atoms with Gasteiger partial charge in [0, 0.05) is 13.2 Å². The minimum Gasteiger partial charge on any atom is -0.459 e. The van der Waals surface area contributed by atoms with Crippen molar-refractivity contribution in [2.75, 3.05) is 39.6 Å². The van der Waals surface area contributed by atoms with E-state index in [9.17, 15) is 36.6 Å². The Morgan fingerprint density at radius 1 is 0.600 bits per heavy atom. The number of esters is 2. The third-order valence-electron chi connectivity index (χ3n) is 5.04. The summed E-state index contributed by atoms with van der Waals surface area (Å²) in [5.41, 5.74) is 0.0775. The SMILES string of the molecule is O=C(OCC(O)COCCCCOCC(O)COC(=O)c1ccc(S(=O)(=O)O)cc1)c1ccc(S(=O)(=O)O)cc1. The summed E-state index contributed by atoms with van der Waals surface area (Å²) in [7, 11) is -8.75. The molecule has 0 heterocycles. The van der Waals surface area contributed by atoms with Crippen LogP contribution in [0.3, 0.4) is 0 Å². The molecule has 222 valence electrons. The third-order valence-corrected chi connectivity index (χ3v) is 6.77. The van der Waals surface area contributed by atoms with Gasteiger partial charge in [-0.1, -0.05) is 0 Å². The summed E-state index contributed by atoms with van der Waals surface area (Å²) in [4.78, 5) is 23.2. The number of ether oxygens (including phenoxy) is 4. The molecule has 2 rings (SSSR count). The molecule has 2 atom stereocenters. The van der Waals surface area contributed by atoms with Gasteiger partial charge in [0.2, 0.25) is 0 Å². The molecule has 2 aromatic rings. The number of hydrogen-bond acceptors (Lipinski definition) is 12. The van der Waals surface area contributed by atoms with Crippen molar-refractivity contribution in [3.05, 3.63) is 59.7 Å². The average Bonchev–Trinajstić information content (AvgIpc) is 2.91. The molecule has 0 spiro atoms. The smallest absolute Gasteiger partial charge is 0.338 e. The van der Waals surface area contributed by atoms with Gasteiger partial charge in [-0.05, 0) is 61.4 Å². The molecular weight excluding hydrogens is 576 g/mol. The molecular formula is C24H30O14S2. The fourth-order valence-electron chi connectivity index (χ4n) is 2.98. The zero-order valence-corrected chi connectivity index (χ0v) is 22.8. The summed E-state index contributed by atoms with van der Waals surface area (Å²) in [6.07, 6.45) is -1.04. The van der Waals surface area contributed by atoms with Crippen LogP contribution in [0, 0.1) is 0 Å². The molecule has 0 aliphatic carbocycles. The Morgan fingerprint density at radius 2 is 0.925 bits per heavy atom. The molecule has 0 radical (unpaired) electrons. The molecule has 40 heavy (non-hydrogen) atoms. The van der Waals surface area contributed by atoms with Crippen LogP contribution in [-0.4, -0.2) is 99.9 Å². The third kappa shape index (κ3) is 12.1. The molecule has 4 N–H and O–H groups in total. The first kappa shape index (κ1) is 33.2. The summed E-state index contributed by atoms with van der Waals surface area (Å²) in [5.74, 6) is -1.58. The van der Waals surface area contributed by atoms with E-state index >= 15 is 0 Å². The van der Waals surface area contributed by atoms with Crippen LogP contribution in [0.2, 0.25) is 0 Å². The largest absolute Gasteiger partial charge is 0.459 e. The van der Waals surface area contributed by atoms with E-state index < -0.39 is 44.4 Å². The lowest BCUT2D eigenvalue weighted by Gasteiger charge is -2.13. The summed E-state index contributed by atoms with van der Waals surface area (Å²) in [6.45, 7) is -0.332. The summed E-state index contributed by atoms with van der Waals surface area (Å²) >= 11 is 0. The van der Waals surface area contributed by atoms with Gasteiger partial charge in [0.05, 0.1) is 34.1 Å². The molecule has 0 amide bonds. The van der Waals surface area contributed by atoms with Crippen LogP contribution in [-0.2, 0) is 39.2 Å². The highest BCUT2D eigenvalue weighted by molar-refractivity contribution is 7.86. The topological polar surface area (TPSA) is 220 Å². The number of carbonyl (C=O) groups is 2. The lowest BCUT2D eigenvalue weighted by atomic mass is 10.2. The van der Waals surface area contributed by atoms with Crippen LogP contribution in [0.4, 0.5) is 0 Å². The van der Waals surface area contributed by atoms with Gasteiger partial charge in [0.1, 0.15) is 25.4 Å². The van der Waals surface area contributed by atoms with Crippen molar-refractivity contribution < 1.29 is 64.7 Å². The summed E-state index contributed by atoms with van der Waals surface area (Å²) < 4.78 is 82.4. The van der Waals surface area contributed by atoms with E-state index in [4.69, 9.17) is 28.1 Å². The van der Waals surface area contributed by atoms with E-state index in [1.165, 1.54) is 24.3 Å². The van der Waals surface area contributed by atoms with Gasteiger partial charge < -0.3 is 29.2 Å². The zero-order valence-electron chi connectivity index (χ0n) is 21.1. The fraction of sp³-hybridized carbons (Fsp3) is 0.417. The first-order chi connectivity index (χ1) is 18.8. The van der Waals surface area contributed by atoms with Crippen LogP contribution >= 0.6 is 0 Å². The van der Waals surface area contributed by atoms with Crippen LogP contribution in [0.15, 0.2) is 58.3 Å². The van der Waals surface area contributed by atoms with Crippen LogP contribution < -0.4 is 0 Å². The first-order valence-electron chi connectivity index (χ1n) is 11.8. The number of hydrogen-bond donors (Lipinski definition) is 4. The Morgan fingerprint density at radius 3 is 1.23 bits per heavy atom. The molecule has 0 aromatic heterocycles. The fourth-order valence-corrected chi connectivity index (χ4v) is 3.94. The van der Waals surface area contributed by atoms with Crippen LogP contribution in [0.5, 0.6) is 0 Å². The van der Waals surface area contributed by atoms with E-state index in [1.807, 2.05) is 0 Å². The molecule has 2 unspecified atom stereocenters. The molecule has 0 aliphatic heterocycles. The highest BCUT2D eigenvalue weighted by Crippen LogP contribution is 2.12. The number of benzene rings is 2. The minimum atomic E-state index is -4.38. The second-order valence-electron chi connectivity index (χ2n) is 8.36. The number of carbonyl (C=O) groups excluding carboxylic acids is 2. The molecule has 0 aliphatic rings. The minimum absolute atomic E-state index is 0.0388. The normalized spacial score (nSPS) is 13.4. The van der Waals surface area contributed by atoms with Crippen molar-refractivity contribution in [3.63, 3.8) is 0 Å².